The first-order valence-electron chi connectivity index (χ1n) is 8.79. The first-order valence-corrected chi connectivity index (χ1v) is 9.17. The summed E-state index contributed by atoms with van der Waals surface area (Å²) in [5, 5.41) is 4.51. The Morgan fingerprint density at radius 3 is 2.75 bits per heavy atom. The van der Waals surface area contributed by atoms with E-state index < -0.39 is 0 Å². The number of amides is 1. The number of carbonyl (C=O) groups is 1. The first kappa shape index (κ1) is 19.9. The van der Waals surface area contributed by atoms with E-state index in [1.807, 2.05) is 13.0 Å². The predicted octanol–water partition coefficient (Wildman–Crippen LogP) is 3.63. The molecule has 0 saturated heterocycles. The Morgan fingerprint density at radius 1 is 1.18 bits per heavy atom. The standard InChI is InChI=1S/C21H21ClN2O4/c1-14-6-7-15(12-18(14)22)23-20(25)13-28-19-5-3-4-17-16(19)8-9-24(21(17)26)10-11-27-2/h3-9,12H,10-11,13H2,1-2H3,(H,23,25). The third-order valence-electron chi connectivity index (χ3n) is 4.33. The van der Waals surface area contributed by atoms with E-state index in [1.165, 1.54) is 0 Å². The number of aryl methyl sites for hydroxylation is 1. The molecule has 1 heterocycles. The molecule has 0 radical (unpaired) electrons. The van der Waals surface area contributed by atoms with Gasteiger partial charge in [0, 0.05) is 35.9 Å². The number of nitrogens with one attached hydrogen (secondary N) is 1. The van der Waals surface area contributed by atoms with Gasteiger partial charge in [-0.2, -0.15) is 0 Å². The third-order valence-corrected chi connectivity index (χ3v) is 4.74. The van der Waals surface area contributed by atoms with Crippen molar-refractivity contribution in [3.05, 3.63) is 69.6 Å². The fourth-order valence-corrected chi connectivity index (χ4v) is 2.97. The second kappa shape index (κ2) is 8.91. The number of carbonyl (C=O) groups excluding carboxylic acids is 1. The highest BCUT2D eigenvalue weighted by molar-refractivity contribution is 6.31. The number of methoxy groups -OCH3 is 1. The van der Waals surface area contributed by atoms with Crippen LogP contribution >= 0.6 is 11.6 Å². The summed E-state index contributed by atoms with van der Waals surface area (Å²) in [4.78, 5) is 24.8. The van der Waals surface area contributed by atoms with E-state index in [0.29, 0.717) is 40.4 Å². The number of pyridine rings is 1. The Labute approximate surface area is 167 Å². The van der Waals surface area contributed by atoms with Crippen LogP contribution in [-0.2, 0) is 16.1 Å². The lowest BCUT2D eigenvalue weighted by Gasteiger charge is -2.12. The van der Waals surface area contributed by atoms with Crippen molar-refractivity contribution in [2.75, 3.05) is 25.6 Å². The largest absolute Gasteiger partial charge is 0.483 e. The molecule has 0 aliphatic heterocycles. The van der Waals surface area contributed by atoms with Crippen LogP contribution < -0.4 is 15.6 Å². The molecule has 3 rings (SSSR count). The summed E-state index contributed by atoms with van der Waals surface area (Å²) in [6, 6.07) is 12.3. The van der Waals surface area contributed by atoms with Gasteiger partial charge >= 0.3 is 0 Å². The molecule has 3 aromatic rings. The third kappa shape index (κ3) is 4.52. The van der Waals surface area contributed by atoms with Crippen LogP contribution in [0.5, 0.6) is 5.75 Å². The van der Waals surface area contributed by atoms with Crippen molar-refractivity contribution in [1.82, 2.24) is 4.57 Å². The van der Waals surface area contributed by atoms with Crippen LogP contribution in [-0.4, -0.2) is 30.8 Å². The molecule has 7 heteroatoms. The van der Waals surface area contributed by atoms with Gasteiger partial charge in [-0.15, -0.1) is 0 Å². The molecule has 2 aromatic carbocycles. The van der Waals surface area contributed by atoms with Gasteiger partial charge in [0.2, 0.25) is 0 Å². The van der Waals surface area contributed by atoms with E-state index in [4.69, 9.17) is 21.1 Å². The van der Waals surface area contributed by atoms with E-state index in [9.17, 15) is 9.59 Å². The molecule has 0 spiro atoms. The van der Waals surface area contributed by atoms with Crippen LogP contribution in [0.2, 0.25) is 5.02 Å². The monoisotopic (exact) mass is 400 g/mol. The Kier molecular flexibility index (Phi) is 6.34. The minimum atomic E-state index is -0.314. The Balaban J connectivity index is 1.73. The minimum Gasteiger partial charge on any atom is -0.483 e. The van der Waals surface area contributed by atoms with E-state index in [-0.39, 0.29) is 18.1 Å². The van der Waals surface area contributed by atoms with Crippen LogP contribution in [0, 0.1) is 6.92 Å². The maximum atomic E-state index is 12.6. The molecule has 0 aliphatic rings. The number of hydrogen-bond donors (Lipinski definition) is 1. The fraction of sp³-hybridized carbons (Fsp3) is 0.238. The van der Waals surface area contributed by atoms with E-state index in [1.54, 1.807) is 54.3 Å². The Hall–Kier alpha value is -2.83. The molecule has 6 nitrogen and oxygen atoms in total. The van der Waals surface area contributed by atoms with Crippen molar-refractivity contribution in [1.29, 1.82) is 0 Å². The number of aromatic nitrogens is 1. The van der Waals surface area contributed by atoms with E-state index >= 15 is 0 Å². The van der Waals surface area contributed by atoms with Gasteiger partial charge < -0.3 is 19.4 Å². The normalized spacial score (nSPS) is 10.8. The summed E-state index contributed by atoms with van der Waals surface area (Å²) in [7, 11) is 1.59. The van der Waals surface area contributed by atoms with Crippen LogP contribution in [0.3, 0.4) is 0 Å². The highest BCUT2D eigenvalue weighted by Crippen LogP contribution is 2.23. The number of hydrogen-bond acceptors (Lipinski definition) is 4. The van der Waals surface area contributed by atoms with E-state index in [0.717, 1.165) is 5.56 Å². The number of rotatable bonds is 7. The number of anilines is 1. The topological polar surface area (TPSA) is 69.6 Å². The smallest absolute Gasteiger partial charge is 0.262 e. The lowest BCUT2D eigenvalue weighted by molar-refractivity contribution is -0.118. The fourth-order valence-electron chi connectivity index (χ4n) is 2.79. The van der Waals surface area contributed by atoms with E-state index in [2.05, 4.69) is 5.32 Å². The van der Waals surface area contributed by atoms with Crippen molar-refractivity contribution >= 4 is 34.0 Å². The highest BCUT2D eigenvalue weighted by Gasteiger charge is 2.10. The van der Waals surface area contributed by atoms with Crippen LogP contribution in [0.25, 0.3) is 10.8 Å². The second-order valence-electron chi connectivity index (χ2n) is 6.33. The Bertz CT molecular complexity index is 1060. The molecule has 0 unspecified atom stereocenters. The molecular weight excluding hydrogens is 380 g/mol. The van der Waals surface area contributed by atoms with Crippen molar-refractivity contribution in [3.8, 4) is 5.75 Å². The minimum absolute atomic E-state index is 0.126. The number of benzene rings is 2. The van der Waals surface area contributed by atoms with Crippen molar-refractivity contribution in [2.45, 2.75) is 13.5 Å². The zero-order valence-corrected chi connectivity index (χ0v) is 16.5. The summed E-state index contributed by atoms with van der Waals surface area (Å²) >= 11 is 6.07. The SMILES string of the molecule is COCCn1ccc2c(OCC(=O)Nc3ccc(C)c(Cl)c3)cccc2c1=O. The summed E-state index contributed by atoms with van der Waals surface area (Å²) in [5.74, 6) is 0.163. The zero-order valence-electron chi connectivity index (χ0n) is 15.7. The van der Waals surface area contributed by atoms with Gasteiger partial charge in [-0.25, -0.2) is 0 Å². The van der Waals surface area contributed by atoms with Crippen molar-refractivity contribution < 1.29 is 14.3 Å². The van der Waals surface area contributed by atoms with Crippen LogP contribution in [0.15, 0.2) is 53.5 Å². The van der Waals surface area contributed by atoms with Gasteiger partial charge in [-0.1, -0.05) is 23.7 Å². The average molecular weight is 401 g/mol. The molecule has 0 saturated carbocycles. The van der Waals surface area contributed by atoms with Gasteiger partial charge in [0.1, 0.15) is 5.75 Å². The molecule has 0 fully saturated rings. The zero-order chi connectivity index (χ0) is 20.1. The molecule has 0 aliphatic carbocycles. The summed E-state index contributed by atoms with van der Waals surface area (Å²) in [6.07, 6.45) is 1.70. The predicted molar refractivity (Wildman–Crippen MR) is 110 cm³/mol. The van der Waals surface area contributed by atoms with Crippen LogP contribution in [0.4, 0.5) is 5.69 Å². The van der Waals surface area contributed by atoms with Gasteiger partial charge in [-0.3, -0.25) is 9.59 Å². The van der Waals surface area contributed by atoms with Gasteiger partial charge in [0.05, 0.1) is 12.0 Å². The molecule has 146 valence electrons. The molecule has 0 bridgehead atoms. The lowest BCUT2D eigenvalue weighted by Crippen LogP contribution is -2.22. The number of nitrogens with zero attached hydrogens (tertiary/aromatic N) is 1. The van der Waals surface area contributed by atoms with Crippen LogP contribution in [0.1, 0.15) is 5.56 Å². The maximum Gasteiger partial charge on any atom is 0.262 e. The van der Waals surface area contributed by atoms with Crippen molar-refractivity contribution in [3.63, 3.8) is 0 Å². The molecule has 1 aromatic heterocycles. The second-order valence-corrected chi connectivity index (χ2v) is 6.73. The number of halogens is 1. The lowest BCUT2D eigenvalue weighted by atomic mass is 10.1. The summed E-state index contributed by atoms with van der Waals surface area (Å²) < 4.78 is 12.3. The Morgan fingerprint density at radius 2 is 2.00 bits per heavy atom. The molecular formula is C21H21ClN2O4. The molecule has 28 heavy (non-hydrogen) atoms. The molecule has 1 N–H and O–H groups in total. The number of fused-ring (bicyclic) bond motifs is 1. The van der Waals surface area contributed by atoms with Crippen molar-refractivity contribution in [2.24, 2.45) is 0 Å². The average Bonchev–Trinajstić information content (AvgIpc) is 2.69. The number of ether oxygens (including phenoxy) is 2. The van der Waals surface area contributed by atoms with Gasteiger partial charge in [-0.05, 0) is 42.8 Å². The quantitative estimate of drug-likeness (QED) is 0.657. The molecule has 1 amide bonds. The highest BCUT2D eigenvalue weighted by atomic mass is 35.5. The summed E-state index contributed by atoms with van der Waals surface area (Å²) in [5.41, 5.74) is 1.41. The van der Waals surface area contributed by atoms with Gasteiger partial charge in [0.25, 0.3) is 11.5 Å². The summed E-state index contributed by atoms with van der Waals surface area (Å²) in [6.45, 7) is 2.63. The van der Waals surface area contributed by atoms with Gasteiger partial charge in [0.15, 0.2) is 6.61 Å². The molecule has 0 atom stereocenters. The first-order chi connectivity index (χ1) is 13.5. The maximum absolute atomic E-state index is 12.6.